The first-order valence-electron chi connectivity index (χ1n) is 9.19. The van der Waals surface area contributed by atoms with E-state index >= 15 is 0 Å². The average Bonchev–Trinajstić information content (AvgIpc) is 2.78. The van der Waals surface area contributed by atoms with E-state index in [9.17, 15) is 0 Å². The van der Waals surface area contributed by atoms with Crippen LogP contribution in [0.3, 0.4) is 0 Å². The van der Waals surface area contributed by atoms with Crippen molar-refractivity contribution in [2.75, 3.05) is 0 Å². The fraction of sp³-hybridized carbons (Fsp3) is 0. The zero-order chi connectivity index (χ0) is 25.2. The summed E-state index contributed by atoms with van der Waals surface area (Å²) in [6.07, 6.45) is 3.84. The Morgan fingerprint density at radius 3 is 1.35 bits per heavy atom. The van der Waals surface area contributed by atoms with Crippen molar-refractivity contribution in [2.45, 2.75) is 0 Å². The van der Waals surface area contributed by atoms with E-state index < -0.39 is 20.5 Å². The molecular formula is C22H17Cl2NO9. The fourth-order valence-corrected chi connectivity index (χ4v) is 2.73. The van der Waals surface area contributed by atoms with E-state index in [4.69, 9.17) is 41.7 Å². The summed E-state index contributed by atoms with van der Waals surface area (Å²) in [6, 6.07) is 28.8. The van der Waals surface area contributed by atoms with Gasteiger partial charge in [0.05, 0.1) is 17.7 Å². The van der Waals surface area contributed by atoms with Crippen LogP contribution in [0.25, 0.3) is 33.8 Å². The quantitative estimate of drug-likeness (QED) is 0.245. The molecule has 10 nitrogen and oxygen atoms in total. The molecule has 4 rings (SSSR count). The number of hydrogen-bond acceptors (Lipinski definition) is 8. The molecule has 178 valence electrons. The van der Waals surface area contributed by atoms with Crippen molar-refractivity contribution < 1.29 is 67.2 Å². The lowest BCUT2D eigenvalue weighted by molar-refractivity contribution is -2.00. The molecule has 0 fully saturated rings. The zero-order valence-corrected chi connectivity index (χ0v) is 18.7. The van der Waals surface area contributed by atoms with Gasteiger partial charge in [0.15, 0.2) is 12.4 Å². The molecular weight excluding hydrogens is 493 g/mol. The summed E-state index contributed by atoms with van der Waals surface area (Å²) in [7, 11) is -9.89. The van der Waals surface area contributed by atoms with E-state index in [1.165, 1.54) is 5.56 Å². The van der Waals surface area contributed by atoms with Crippen LogP contribution in [-0.2, 0) is 0 Å². The van der Waals surface area contributed by atoms with Crippen molar-refractivity contribution in [1.82, 2.24) is 0 Å². The molecule has 0 bridgehead atoms. The first-order valence-corrected chi connectivity index (χ1v) is 11.7. The summed E-state index contributed by atoms with van der Waals surface area (Å²) >= 11 is 0. The Hall–Kier alpha value is -3.00. The third-order valence-electron chi connectivity index (χ3n) is 3.95. The molecule has 2 aromatic carbocycles. The molecule has 0 unspecified atom stereocenters. The SMILES string of the molecule is [O-][Cl+3]([O-])([O-])[O-].[O-][Cl+3]([O-])([O-])[O-].c1ccc(-c2cc(-c3ccccc3)[o+]c(-c3ccc[nH+]c3)c2)cc1. The Labute approximate surface area is 198 Å². The summed E-state index contributed by atoms with van der Waals surface area (Å²) in [5.41, 5.74) is 4.40. The Kier molecular flexibility index (Phi) is 9.98. The van der Waals surface area contributed by atoms with Gasteiger partial charge in [-0.25, -0.2) is 46.7 Å². The normalized spacial score (nSPS) is 10.9. The summed E-state index contributed by atoms with van der Waals surface area (Å²) in [4.78, 5) is 3.12. The highest BCUT2D eigenvalue weighted by Gasteiger charge is 2.21. The predicted octanol–water partition coefficient (Wildman–Crippen LogP) is -4.14. The van der Waals surface area contributed by atoms with Crippen LogP contribution in [0.5, 0.6) is 0 Å². The first kappa shape index (κ1) is 27.2. The van der Waals surface area contributed by atoms with Gasteiger partial charge in [-0.15, -0.1) is 20.5 Å². The largest absolute Gasteiger partial charge is 0.367 e. The van der Waals surface area contributed by atoms with Crippen molar-refractivity contribution in [1.29, 1.82) is 0 Å². The van der Waals surface area contributed by atoms with Crippen molar-refractivity contribution in [2.24, 2.45) is 0 Å². The fourth-order valence-electron chi connectivity index (χ4n) is 2.73. The lowest BCUT2D eigenvalue weighted by Crippen LogP contribution is -2.68. The van der Waals surface area contributed by atoms with Crippen molar-refractivity contribution in [3.05, 3.63) is 97.3 Å². The number of aromatic nitrogens is 1. The highest BCUT2D eigenvalue weighted by Crippen LogP contribution is 2.32. The topological polar surface area (TPSA) is 210 Å². The molecule has 1 N–H and O–H groups in total. The van der Waals surface area contributed by atoms with Gasteiger partial charge < -0.3 is 0 Å². The van der Waals surface area contributed by atoms with Gasteiger partial charge in [-0.1, -0.05) is 48.5 Å². The number of aromatic amines is 1. The maximum absolute atomic E-state index is 8.49. The third kappa shape index (κ3) is 11.2. The van der Waals surface area contributed by atoms with E-state index in [0.717, 1.165) is 28.2 Å². The monoisotopic (exact) mass is 509 g/mol. The molecule has 0 aliphatic rings. The molecule has 2 heterocycles. The Balaban J connectivity index is 0.000000347. The summed E-state index contributed by atoms with van der Waals surface area (Å²) in [5, 5.41) is 0. The van der Waals surface area contributed by atoms with Crippen LogP contribution in [-0.4, -0.2) is 0 Å². The number of benzene rings is 2. The number of hydrogen-bond donors (Lipinski definition) is 0. The van der Waals surface area contributed by atoms with Gasteiger partial charge >= 0.3 is 11.5 Å². The molecule has 0 saturated heterocycles. The minimum Gasteiger partial charge on any atom is -0.222 e. The minimum atomic E-state index is -4.94. The number of H-pyrrole nitrogens is 1. The summed E-state index contributed by atoms with van der Waals surface area (Å²) in [6.45, 7) is 0. The number of halogens is 2. The average molecular weight is 510 g/mol. The van der Waals surface area contributed by atoms with Crippen LogP contribution < -0.4 is 42.3 Å². The van der Waals surface area contributed by atoms with Crippen LogP contribution in [0, 0.1) is 20.5 Å². The lowest BCUT2D eigenvalue weighted by Gasteiger charge is -2.17. The second-order valence-electron chi connectivity index (χ2n) is 6.35. The number of rotatable bonds is 3. The highest BCUT2D eigenvalue weighted by molar-refractivity contribution is 5.74. The number of nitrogens with one attached hydrogen (secondary N) is 1. The first-order chi connectivity index (χ1) is 15.9. The lowest BCUT2D eigenvalue weighted by atomic mass is 10.0. The molecule has 0 aliphatic carbocycles. The van der Waals surface area contributed by atoms with Gasteiger partial charge in [0.2, 0.25) is 0 Å². The van der Waals surface area contributed by atoms with Crippen LogP contribution in [0.15, 0.2) is 102 Å². The van der Waals surface area contributed by atoms with Crippen molar-refractivity contribution >= 4 is 0 Å². The van der Waals surface area contributed by atoms with Gasteiger partial charge in [-0.3, -0.25) is 0 Å². The maximum Gasteiger partial charge on any atom is 0.367 e. The Morgan fingerprint density at radius 1 is 0.500 bits per heavy atom. The van der Waals surface area contributed by atoms with Crippen LogP contribution in [0.2, 0.25) is 0 Å². The Bertz CT molecular complexity index is 974. The summed E-state index contributed by atoms with van der Waals surface area (Å²) < 4.78 is 74.1. The second kappa shape index (κ2) is 12.5. The molecule has 34 heavy (non-hydrogen) atoms. The van der Waals surface area contributed by atoms with E-state index in [-0.39, 0.29) is 0 Å². The minimum absolute atomic E-state index is 0.840. The second-order valence-corrected chi connectivity index (χ2v) is 7.87. The smallest absolute Gasteiger partial charge is 0.222 e. The van der Waals surface area contributed by atoms with E-state index in [1.54, 1.807) is 0 Å². The van der Waals surface area contributed by atoms with Gasteiger partial charge in [0.25, 0.3) is 0 Å². The van der Waals surface area contributed by atoms with Crippen LogP contribution in [0.4, 0.5) is 0 Å². The molecule has 2 aromatic heterocycles. The molecule has 0 spiro atoms. The number of pyridine rings is 1. The Morgan fingerprint density at radius 2 is 0.912 bits per heavy atom. The highest BCUT2D eigenvalue weighted by atomic mass is 35.7. The standard InChI is InChI=1S/C22H16NO.2ClHO4/c1-3-8-17(9-4-1)20-14-21(18-10-5-2-6-11-18)24-22(15-20)19-12-7-13-23-16-19;2*2-1(3,4)5/h1-16H;2*(H,2,3,4,5)/q+1;;/p-1. The van der Waals surface area contributed by atoms with Gasteiger partial charge in [0.1, 0.15) is 5.56 Å². The van der Waals surface area contributed by atoms with E-state index in [2.05, 4.69) is 53.5 Å². The molecule has 0 atom stereocenters. The predicted molar refractivity (Wildman–Crippen MR) is 96.0 cm³/mol. The molecule has 0 radical (unpaired) electrons. The van der Waals surface area contributed by atoms with Crippen molar-refractivity contribution in [3.8, 4) is 33.8 Å². The van der Waals surface area contributed by atoms with Crippen LogP contribution >= 0.6 is 0 Å². The molecule has 0 saturated carbocycles. The molecule has 0 amide bonds. The van der Waals surface area contributed by atoms with Gasteiger partial charge in [0, 0.05) is 11.6 Å². The van der Waals surface area contributed by atoms with Gasteiger partial charge in [-0.2, -0.15) is 0 Å². The third-order valence-corrected chi connectivity index (χ3v) is 3.95. The summed E-state index contributed by atoms with van der Waals surface area (Å²) in [5.74, 6) is 1.70. The maximum atomic E-state index is 8.49. The zero-order valence-electron chi connectivity index (χ0n) is 17.2. The molecule has 12 heteroatoms. The van der Waals surface area contributed by atoms with Gasteiger partial charge in [-0.05, 0) is 23.8 Å². The van der Waals surface area contributed by atoms with E-state index in [0.29, 0.717) is 0 Å². The molecule has 0 aliphatic heterocycles. The van der Waals surface area contributed by atoms with Crippen molar-refractivity contribution in [3.63, 3.8) is 0 Å². The van der Waals surface area contributed by atoms with E-state index in [1.807, 2.05) is 48.8 Å². The molecule has 4 aromatic rings. The van der Waals surface area contributed by atoms with Crippen LogP contribution in [0.1, 0.15) is 0 Å².